The first-order chi connectivity index (χ1) is 11.3. The summed E-state index contributed by atoms with van der Waals surface area (Å²) in [5, 5.41) is 0. The second-order valence-corrected chi connectivity index (χ2v) is 8.57. The van der Waals surface area contributed by atoms with Crippen LogP contribution in [0.2, 0.25) is 0 Å². The lowest BCUT2D eigenvalue weighted by Gasteiger charge is -2.29. The predicted octanol–water partition coefficient (Wildman–Crippen LogP) is 1.91. The van der Waals surface area contributed by atoms with Crippen LogP contribution in [0.4, 0.5) is 0 Å². The number of nitrogens with zero attached hydrogens (tertiary/aromatic N) is 3. The number of hydrogen-bond acceptors (Lipinski definition) is 4. The van der Waals surface area contributed by atoms with Gasteiger partial charge in [0.05, 0.1) is 11.3 Å². The van der Waals surface area contributed by atoms with Crippen LogP contribution >= 0.6 is 0 Å². The van der Waals surface area contributed by atoms with Crippen molar-refractivity contribution < 1.29 is 13.2 Å². The van der Waals surface area contributed by atoms with Crippen molar-refractivity contribution in [3.8, 4) is 5.82 Å². The van der Waals surface area contributed by atoms with Crippen LogP contribution in [0.15, 0.2) is 42.9 Å². The van der Waals surface area contributed by atoms with Gasteiger partial charge in [0.2, 0.25) is 0 Å². The maximum absolute atomic E-state index is 12.8. The lowest BCUT2D eigenvalue weighted by atomic mass is 10.2. The van der Waals surface area contributed by atoms with Gasteiger partial charge in [-0.3, -0.25) is 4.79 Å². The highest BCUT2D eigenvalue weighted by molar-refractivity contribution is 7.90. The molecule has 6 nitrogen and oxygen atoms in total. The zero-order chi connectivity index (χ0) is 17.3. The molecule has 2 aromatic heterocycles. The Kier molecular flexibility index (Phi) is 4.45. The summed E-state index contributed by atoms with van der Waals surface area (Å²) in [6, 6.07) is 7.14. The van der Waals surface area contributed by atoms with Gasteiger partial charge < -0.3 is 9.47 Å². The van der Waals surface area contributed by atoms with Crippen LogP contribution in [0.1, 0.15) is 30.1 Å². The minimum Gasteiger partial charge on any atom is -0.332 e. The molecule has 0 aromatic carbocycles. The Morgan fingerprint density at radius 1 is 1.33 bits per heavy atom. The van der Waals surface area contributed by atoms with E-state index in [4.69, 9.17) is 0 Å². The van der Waals surface area contributed by atoms with Gasteiger partial charge in [-0.1, -0.05) is 0 Å². The van der Waals surface area contributed by atoms with E-state index in [1.807, 2.05) is 29.1 Å². The molecule has 0 unspecified atom stereocenters. The summed E-state index contributed by atoms with van der Waals surface area (Å²) in [7, 11) is -3.14. The van der Waals surface area contributed by atoms with Crippen molar-refractivity contribution in [3.05, 3.63) is 48.4 Å². The first kappa shape index (κ1) is 16.7. The number of amides is 1. The molecule has 1 amide bonds. The van der Waals surface area contributed by atoms with Gasteiger partial charge in [-0.15, -0.1) is 0 Å². The fourth-order valence-electron chi connectivity index (χ4n) is 2.90. The second-order valence-electron chi connectivity index (χ2n) is 6.38. The monoisotopic (exact) mass is 347 g/mol. The molecule has 0 aliphatic heterocycles. The number of hydrogen-bond donors (Lipinski definition) is 0. The summed E-state index contributed by atoms with van der Waals surface area (Å²) in [5.74, 6) is 0.559. The molecule has 128 valence electrons. The lowest BCUT2D eigenvalue weighted by molar-refractivity contribution is 0.0692. The lowest BCUT2D eigenvalue weighted by Crippen LogP contribution is -2.43. The summed E-state index contributed by atoms with van der Waals surface area (Å²) in [4.78, 5) is 18.9. The normalized spacial score (nSPS) is 15.9. The predicted molar refractivity (Wildman–Crippen MR) is 91.9 cm³/mol. The van der Waals surface area contributed by atoms with Gasteiger partial charge in [0, 0.05) is 36.9 Å². The van der Waals surface area contributed by atoms with Crippen LogP contribution in [0.3, 0.4) is 0 Å². The molecule has 0 spiro atoms. The molecule has 0 saturated heterocycles. The molecule has 0 bridgehead atoms. The summed E-state index contributed by atoms with van der Waals surface area (Å²) in [6.45, 7) is 1.79. The molecule has 2 aromatic rings. The van der Waals surface area contributed by atoms with Gasteiger partial charge in [0.25, 0.3) is 5.91 Å². The van der Waals surface area contributed by atoms with Crippen LogP contribution in [-0.4, -0.2) is 52.9 Å². The van der Waals surface area contributed by atoms with Gasteiger partial charge in [-0.2, -0.15) is 0 Å². The Balaban J connectivity index is 1.80. The zero-order valence-corrected chi connectivity index (χ0v) is 14.6. The van der Waals surface area contributed by atoms with Crippen molar-refractivity contribution in [2.24, 2.45) is 0 Å². The van der Waals surface area contributed by atoms with Crippen LogP contribution in [-0.2, 0) is 9.84 Å². The third-order valence-electron chi connectivity index (χ3n) is 4.06. The fraction of sp³-hybridized carbons (Fsp3) is 0.412. The molecule has 1 aliphatic carbocycles. The molecule has 1 saturated carbocycles. The Labute approximate surface area is 142 Å². The number of carbonyl (C=O) groups is 1. The molecule has 24 heavy (non-hydrogen) atoms. The quantitative estimate of drug-likeness (QED) is 0.800. The van der Waals surface area contributed by atoms with Gasteiger partial charge in [-0.25, -0.2) is 13.4 Å². The highest BCUT2D eigenvalue weighted by Gasteiger charge is 2.37. The van der Waals surface area contributed by atoms with Crippen LogP contribution in [0, 0.1) is 0 Å². The Morgan fingerprint density at radius 3 is 2.50 bits per heavy atom. The molecule has 1 aliphatic rings. The van der Waals surface area contributed by atoms with E-state index in [2.05, 4.69) is 4.98 Å². The highest BCUT2D eigenvalue weighted by atomic mass is 32.2. The van der Waals surface area contributed by atoms with E-state index >= 15 is 0 Å². The first-order valence-corrected chi connectivity index (χ1v) is 10.0. The van der Waals surface area contributed by atoms with Crippen molar-refractivity contribution in [2.75, 3.05) is 12.0 Å². The van der Waals surface area contributed by atoms with Gasteiger partial charge in [-0.05, 0) is 44.0 Å². The minimum absolute atomic E-state index is 0.0237. The molecule has 0 N–H and O–H groups in total. The summed E-state index contributed by atoms with van der Waals surface area (Å²) in [5.41, 5.74) is 0.484. The molecule has 1 atom stereocenters. The van der Waals surface area contributed by atoms with Gasteiger partial charge >= 0.3 is 0 Å². The van der Waals surface area contributed by atoms with Crippen LogP contribution < -0.4 is 0 Å². The van der Waals surface area contributed by atoms with Crippen molar-refractivity contribution >= 4 is 15.7 Å². The standard InChI is InChI=1S/C17H21N3O3S/c1-13(12-24(2,22)23)20(15-6-7-15)17(21)14-5-8-16(18-11-14)19-9-3-4-10-19/h3-5,8-11,13,15H,6-7,12H2,1-2H3/t13-/m1/s1. The molecular weight excluding hydrogens is 326 g/mol. The van der Waals surface area contributed by atoms with E-state index in [1.54, 1.807) is 30.2 Å². The smallest absolute Gasteiger partial charge is 0.255 e. The Morgan fingerprint density at radius 2 is 2.00 bits per heavy atom. The number of sulfone groups is 1. The number of rotatable bonds is 6. The number of aromatic nitrogens is 2. The number of pyridine rings is 1. The first-order valence-electron chi connectivity index (χ1n) is 7.95. The van der Waals surface area contributed by atoms with Crippen LogP contribution in [0.5, 0.6) is 0 Å². The van der Waals surface area contributed by atoms with E-state index < -0.39 is 9.84 Å². The molecule has 0 radical (unpaired) electrons. The van der Waals surface area contributed by atoms with E-state index in [0.717, 1.165) is 18.7 Å². The average Bonchev–Trinajstić information content (AvgIpc) is 3.18. The Bertz CT molecular complexity index is 809. The third kappa shape index (κ3) is 3.84. The maximum atomic E-state index is 12.8. The summed E-state index contributed by atoms with van der Waals surface area (Å²) in [6.07, 6.45) is 8.37. The average molecular weight is 347 g/mol. The molecule has 3 rings (SSSR count). The highest BCUT2D eigenvalue weighted by Crippen LogP contribution is 2.30. The minimum atomic E-state index is -3.14. The Hall–Kier alpha value is -2.15. The number of carbonyl (C=O) groups excluding carboxylic acids is 1. The van der Waals surface area contributed by atoms with E-state index in [9.17, 15) is 13.2 Å². The van der Waals surface area contributed by atoms with Crippen molar-refractivity contribution in [1.29, 1.82) is 0 Å². The topological polar surface area (TPSA) is 72.3 Å². The maximum Gasteiger partial charge on any atom is 0.255 e. The fourth-order valence-corrected chi connectivity index (χ4v) is 3.94. The molecular formula is C17H21N3O3S. The van der Waals surface area contributed by atoms with Crippen LogP contribution in [0.25, 0.3) is 5.82 Å². The van der Waals surface area contributed by atoms with E-state index in [0.29, 0.717) is 5.56 Å². The summed E-state index contributed by atoms with van der Waals surface area (Å²) >= 11 is 0. The largest absolute Gasteiger partial charge is 0.332 e. The van der Waals surface area contributed by atoms with E-state index in [1.165, 1.54) is 6.26 Å². The zero-order valence-electron chi connectivity index (χ0n) is 13.8. The SMILES string of the molecule is C[C@H](CS(C)(=O)=O)N(C(=O)c1ccc(-n2cccc2)nc1)C1CC1. The van der Waals surface area contributed by atoms with Gasteiger partial charge in [0.15, 0.2) is 0 Å². The van der Waals surface area contributed by atoms with Crippen molar-refractivity contribution in [1.82, 2.24) is 14.5 Å². The third-order valence-corrected chi connectivity index (χ3v) is 5.15. The van der Waals surface area contributed by atoms with E-state index in [-0.39, 0.29) is 23.7 Å². The van der Waals surface area contributed by atoms with Gasteiger partial charge in [0.1, 0.15) is 15.7 Å². The molecule has 1 fully saturated rings. The van der Waals surface area contributed by atoms with Crippen molar-refractivity contribution in [3.63, 3.8) is 0 Å². The molecule has 7 heteroatoms. The van der Waals surface area contributed by atoms with Crippen molar-refractivity contribution in [2.45, 2.75) is 31.8 Å². The molecule has 2 heterocycles. The second kappa shape index (κ2) is 6.39. The summed E-state index contributed by atoms with van der Waals surface area (Å²) < 4.78 is 25.0.